The van der Waals surface area contributed by atoms with Gasteiger partial charge in [-0.25, -0.2) is 0 Å². The molecule has 21 heavy (non-hydrogen) atoms. The number of nitrogens with one attached hydrogen (secondary N) is 1. The van der Waals surface area contributed by atoms with Crippen molar-refractivity contribution in [1.82, 2.24) is 4.98 Å². The second-order valence-corrected chi connectivity index (χ2v) is 5.12. The van der Waals surface area contributed by atoms with Crippen molar-refractivity contribution < 1.29 is 4.79 Å². The predicted octanol–water partition coefficient (Wildman–Crippen LogP) is 3.72. The SMILES string of the molecule is Cc1cccc(CC(=O)Nc2cncc3ccccc23)c1. The second-order valence-electron chi connectivity index (χ2n) is 5.12. The fourth-order valence-electron chi connectivity index (χ4n) is 2.42. The highest BCUT2D eigenvalue weighted by atomic mass is 16.1. The summed E-state index contributed by atoms with van der Waals surface area (Å²) in [5.74, 6) is -0.0289. The molecule has 0 aliphatic carbocycles. The van der Waals surface area contributed by atoms with E-state index in [4.69, 9.17) is 0 Å². The van der Waals surface area contributed by atoms with Crippen LogP contribution in [0, 0.1) is 6.92 Å². The summed E-state index contributed by atoms with van der Waals surface area (Å²) in [7, 11) is 0. The summed E-state index contributed by atoms with van der Waals surface area (Å²) in [6.07, 6.45) is 3.85. The highest BCUT2D eigenvalue weighted by Crippen LogP contribution is 2.21. The number of pyridine rings is 1. The Morgan fingerprint density at radius 3 is 2.81 bits per heavy atom. The van der Waals surface area contributed by atoms with Gasteiger partial charge in [0.1, 0.15) is 0 Å². The fourth-order valence-corrected chi connectivity index (χ4v) is 2.42. The Hall–Kier alpha value is -2.68. The lowest BCUT2D eigenvalue weighted by molar-refractivity contribution is -0.115. The van der Waals surface area contributed by atoms with Crippen molar-refractivity contribution in [3.63, 3.8) is 0 Å². The van der Waals surface area contributed by atoms with Gasteiger partial charge in [-0.1, -0.05) is 54.1 Å². The topological polar surface area (TPSA) is 42.0 Å². The van der Waals surface area contributed by atoms with E-state index in [2.05, 4.69) is 10.3 Å². The summed E-state index contributed by atoms with van der Waals surface area (Å²) >= 11 is 0. The number of benzene rings is 2. The highest BCUT2D eigenvalue weighted by Gasteiger charge is 2.07. The number of anilines is 1. The van der Waals surface area contributed by atoms with Crippen molar-refractivity contribution in [3.8, 4) is 0 Å². The Labute approximate surface area is 123 Å². The highest BCUT2D eigenvalue weighted by molar-refractivity contribution is 6.02. The molecule has 1 heterocycles. The van der Waals surface area contributed by atoms with Crippen LogP contribution in [-0.4, -0.2) is 10.9 Å². The third-order valence-electron chi connectivity index (χ3n) is 3.39. The molecular formula is C18H16N2O. The maximum atomic E-state index is 12.2. The minimum absolute atomic E-state index is 0.0289. The number of aryl methyl sites for hydroxylation is 1. The summed E-state index contributed by atoms with van der Waals surface area (Å²) in [5.41, 5.74) is 2.93. The Morgan fingerprint density at radius 1 is 1.10 bits per heavy atom. The van der Waals surface area contributed by atoms with E-state index in [1.807, 2.05) is 55.5 Å². The van der Waals surface area contributed by atoms with E-state index in [-0.39, 0.29) is 5.91 Å². The van der Waals surface area contributed by atoms with E-state index >= 15 is 0 Å². The minimum atomic E-state index is -0.0289. The van der Waals surface area contributed by atoms with Crippen LogP contribution >= 0.6 is 0 Å². The molecule has 3 heteroatoms. The van der Waals surface area contributed by atoms with E-state index in [0.717, 1.165) is 27.6 Å². The molecule has 0 atom stereocenters. The third-order valence-corrected chi connectivity index (χ3v) is 3.39. The van der Waals surface area contributed by atoms with Crippen LogP contribution in [0.4, 0.5) is 5.69 Å². The number of fused-ring (bicyclic) bond motifs is 1. The molecule has 0 fully saturated rings. The smallest absolute Gasteiger partial charge is 0.228 e. The Morgan fingerprint density at radius 2 is 1.95 bits per heavy atom. The number of hydrogen-bond donors (Lipinski definition) is 1. The van der Waals surface area contributed by atoms with Crippen molar-refractivity contribution in [3.05, 3.63) is 72.1 Å². The lowest BCUT2D eigenvalue weighted by atomic mass is 10.1. The Bertz CT molecular complexity index is 791. The van der Waals surface area contributed by atoms with Crippen LogP contribution in [0.3, 0.4) is 0 Å². The van der Waals surface area contributed by atoms with Crippen LogP contribution in [0.2, 0.25) is 0 Å². The van der Waals surface area contributed by atoms with Gasteiger partial charge in [-0.3, -0.25) is 9.78 Å². The second kappa shape index (κ2) is 5.75. The maximum Gasteiger partial charge on any atom is 0.228 e. The molecule has 1 amide bonds. The summed E-state index contributed by atoms with van der Waals surface area (Å²) in [6, 6.07) is 15.9. The molecule has 0 bridgehead atoms. The van der Waals surface area contributed by atoms with Gasteiger partial charge in [0.05, 0.1) is 18.3 Å². The molecule has 3 nitrogen and oxygen atoms in total. The molecule has 2 aromatic carbocycles. The zero-order valence-corrected chi connectivity index (χ0v) is 11.8. The van der Waals surface area contributed by atoms with Crippen LogP contribution in [0.5, 0.6) is 0 Å². The van der Waals surface area contributed by atoms with Gasteiger partial charge in [0, 0.05) is 17.0 Å². The van der Waals surface area contributed by atoms with E-state index in [9.17, 15) is 4.79 Å². The van der Waals surface area contributed by atoms with Gasteiger partial charge in [-0.05, 0) is 12.5 Å². The summed E-state index contributed by atoms with van der Waals surface area (Å²) in [4.78, 5) is 16.4. The summed E-state index contributed by atoms with van der Waals surface area (Å²) < 4.78 is 0. The molecule has 1 aromatic heterocycles. The number of hydrogen-bond acceptors (Lipinski definition) is 2. The molecule has 0 radical (unpaired) electrons. The van der Waals surface area contributed by atoms with Gasteiger partial charge in [-0.15, -0.1) is 0 Å². The van der Waals surface area contributed by atoms with Crippen LogP contribution in [0.25, 0.3) is 10.8 Å². The molecule has 3 aromatic rings. The van der Waals surface area contributed by atoms with Crippen molar-refractivity contribution >= 4 is 22.4 Å². The Kier molecular flexibility index (Phi) is 3.65. The normalized spacial score (nSPS) is 10.5. The van der Waals surface area contributed by atoms with Crippen LogP contribution < -0.4 is 5.32 Å². The first-order valence-electron chi connectivity index (χ1n) is 6.90. The van der Waals surface area contributed by atoms with Gasteiger partial charge in [-0.2, -0.15) is 0 Å². The lowest BCUT2D eigenvalue weighted by Crippen LogP contribution is -2.14. The van der Waals surface area contributed by atoms with Crippen molar-refractivity contribution in [1.29, 1.82) is 0 Å². The van der Waals surface area contributed by atoms with E-state index in [0.29, 0.717) is 6.42 Å². The number of carbonyl (C=O) groups is 1. The number of amides is 1. The molecule has 0 saturated carbocycles. The monoisotopic (exact) mass is 276 g/mol. The maximum absolute atomic E-state index is 12.2. The van der Waals surface area contributed by atoms with Gasteiger partial charge in [0.2, 0.25) is 5.91 Å². The van der Waals surface area contributed by atoms with Crippen LogP contribution in [0.15, 0.2) is 60.9 Å². The van der Waals surface area contributed by atoms with Crippen molar-refractivity contribution in [2.24, 2.45) is 0 Å². The van der Waals surface area contributed by atoms with Gasteiger partial charge in [0.15, 0.2) is 0 Å². The number of nitrogens with zero attached hydrogens (tertiary/aromatic N) is 1. The van der Waals surface area contributed by atoms with Crippen LogP contribution in [-0.2, 0) is 11.2 Å². The number of rotatable bonds is 3. The predicted molar refractivity (Wildman–Crippen MR) is 85.3 cm³/mol. The van der Waals surface area contributed by atoms with Crippen molar-refractivity contribution in [2.75, 3.05) is 5.32 Å². The van der Waals surface area contributed by atoms with Gasteiger partial charge >= 0.3 is 0 Å². The standard InChI is InChI=1S/C18H16N2O/c1-13-5-4-6-14(9-13)10-18(21)20-17-12-19-11-15-7-2-3-8-16(15)17/h2-9,11-12H,10H2,1H3,(H,20,21). The van der Waals surface area contributed by atoms with Crippen molar-refractivity contribution in [2.45, 2.75) is 13.3 Å². The molecule has 0 spiro atoms. The third kappa shape index (κ3) is 3.08. The molecule has 1 N–H and O–H groups in total. The van der Waals surface area contributed by atoms with E-state index < -0.39 is 0 Å². The van der Waals surface area contributed by atoms with Gasteiger partial charge in [0.25, 0.3) is 0 Å². The zero-order valence-electron chi connectivity index (χ0n) is 11.8. The molecule has 0 aliphatic heterocycles. The number of carbonyl (C=O) groups excluding carboxylic acids is 1. The summed E-state index contributed by atoms with van der Waals surface area (Å²) in [6.45, 7) is 2.02. The first-order chi connectivity index (χ1) is 10.2. The average molecular weight is 276 g/mol. The van der Waals surface area contributed by atoms with Gasteiger partial charge < -0.3 is 5.32 Å². The first kappa shape index (κ1) is 13.3. The zero-order chi connectivity index (χ0) is 14.7. The lowest BCUT2D eigenvalue weighted by Gasteiger charge is -2.08. The summed E-state index contributed by atoms with van der Waals surface area (Å²) in [5, 5.41) is 4.98. The largest absolute Gasteiger partial charge is 0.324 e. The quantitative estimate of drug-likeness (QED) is 0.792. The Balaban J connectivity index is 1.80. The fraction of sp³-hybridized carbons (Fsp3) is 0.111. The minimum Gasteiger partial charge on any atom is -0.324 e. The molecule has 0 aliphatic rings. The van der Waals surface area contributed by atoms with E-state index in [1.54, 1.807) is 12.4 Å². The van der Waals surface area contributed by atoms with Crippen LogP contribution in [0.1, 0.15) is 11.1 Å². The number of aromatic nitrogens is 1. The van der Waals surface area contributed by atoms with E-state index in [1.165, 1.54) is 0 Å². The first-order valence-corrected chi connectivity index (χ1v) is 6.90. The molecule has 0 unspecified atom stereocenters. The average Bonchev–Trinajstić information content (AvgIpc) is 2.47. The molecular weight excluding hydrogens is 260 g/mol. The molecule has 3 rings (SSSR count). The molecule has 104 valence electrons. The molecule has 0 saturated heterocycles.